The second-order valence-electron chi connectivity index (χ2n) is 6.58. The third-order valence-corrected chi connectivity index (χ3v) is 4.73. The summed E-state index contributed by atoms with van der Waals surface area (Å²) >= 11 is 0. The maximum absolute atomic E-state index is 5.34. The van der Waals surface area contributed by atoms with Crippen LogP contribution >= 0.6 is 0 Å². The Kier molecular flexibility index (Phi) is 4.84. The molecule has 4 heteroatoms. The topological polar surface area (TPSA) is 37.4 Å². The van der Waals surface area contributed by atoms with Crippen molar-refractivity contribution in [3.63, 3.8) is 0 Å². The summed E-state index contributed by atoms with van der Waals surface area (Å²) in [6, 6.07) is 20.8. The second-order valence-corrected chi connectivity index (χ2v) is 6.58. The molecule has 0 amide bonds. The van der Waals surface area contributed by atoms with Crippen LogP contribution in [0.3, 0.4) is 0 Å². The van der Waals surface area contributed by atoms with E-state index >= 15 is 0 Å². The molecular weight excluding hydrogens is 322 g/mol. The van der Waals surface area contributed by atoms with Gasteiger partial charge in [-0.05, 0) is 23.8 Å². The molecule has 0 fully saturated rings. The van der Waals surface area contributed by atoms with Gasteiger partial charge >= 0.3 is 0 Å². The van der Waals surface area contributed by atoms with Crippen LogP contribution in [0.5, 0.6) is 5.75 Å². The average molecular weight is 345 g/mol. The van der Waals surface area contributed by atoms with Crippen molar-refractivity contribution in [2.45, 2.75) is 13.1 Å². The van der Waals surface area contributed by atoms with Crippen molar-refractivity contribution < 1.29 is 4.74 Å². The highest BCUT2D eigenvalue weighted by molar-refractivity contribution is 5.66. The lowest BCUT2D eigenvalue weighted by Gasteiger charge is -2.20. The van der Waals surface area contributed by atoms with E-state index in [2.05, 4.69) is 45.5 Å². The molecule has 0 bridgehead atoms. The van der Waals surface area contributed by atoms with Gasteiger partial charge in [0.25, 0.3) is 0 Å². The molecule has 1 aliphatic rings. The summed E-state index contributed by atoms with van der Waals surface area (Å²) in [6.45, 7) is 3.71. The Morgan fingerprint density at radius 3 is 2.81 bits per heavy atom. The molecule has 26 heavy (non-hydrogen) atoms. The van der Waals surface area contributed by atoms with Gasteiger partial charge in [-0.1, -0.05) is 42.5 Å². The molecule has 0 radical (unpaired) electrons. The third kappa shape index (κ3) is 3.70. The van der Waals surface area contributed by atoms with Crippen LogP contribution in [0.2, 0.25) is 0 Å². The number of nitrogens with zero attached hydrogens (tertiary/aromatic N) is 2. The number of rotatable bonds is 4. The van der Waals surface area contributed by atoms with Crippen molar-refractivity contribution in [2.24, 2.45) is 0 Å². The lowest BCUT2D eigenvalue weighted by Crippen LogP contribution is -2.25. The predicted molar refractivity (Wildman–Crippen MR) is 105 cm³/mol. The van der Waals surface area contributed by atoms with Crippen LogP contribution in [0.4, 0.5) is 5.69 Å². The van der Waals surface area contributed by atoms with E-state index in [9.17, 15) is 0 Å². The molecule has 0 saturated heterocycles. The van der Waals surface area contributed by atoms with E-state index in [1.54, 1.807) is 7.11 Å². The molecule has 0 spiro atoms. The largest absolute Gasteiger partial charge is 0.497 e. The Morgan fingerprint density at radius 2 is 1.96 bits per heavy atom. The summed E-state index contributed by atoms with van der Waals surface area (Å²) in [7, 11) is 1.71. The molecule has 0 saturated carbocycles. The first-order valence-electron chi connectivity index (χ1n) is 8.95. The Morgan fingerprint density at radius 1 is 1.08 bits per heavy atom. The number of ether oxygens (including phenoxy) is 1. The van der Waals surface area contributed by atoms with E-state index in [1.807, 2.05) is 36.5 Å². The van der Waals surface area contributed by atoms with Gasteiger partial charge in [0.1, 0.15) is 5.75 Å². The van der Waals surface area contributed by atoms with Crippen molar-refractivity contribution >= 4 is 5.69 Å². The Balaban J connectivity index is 1.53. The molecule has 2 heterocycles. The number of nitrogens with one attached hydrogen (secondary N) is 1. The molecular formula is C22H23N3O. The lowest BCUT2D eigenvalue weighted by molar-refractivity contribution is 0.271. The Hall–Kier alpha value is -2.85. The molecule has 0 aliphatic carbocycles. The highest BCUT2D eigenvalue weighted by Crippen LogP contribution is 2.26. The minimum Gasteiger partial charge on any atom is -0.497 e. The molecule has 4 rings (SSSR count). The standard InChI is InChI=1S/C22H23N3O/c1-26-20-9-5-6-17(12-20)15-25-11-10-23-22-13-21(24-14-19(22)16-25)18-7-3-2-4-8-18/h2-9,12-14,23H,10-11,15-16H2,1H3. The first-order chi connectivity index (χ1) is 12.8. The number of methoxy groups -OCH3 is 1. The fourth-order valence-electron chi connectivity index (χ4n) is 3.37. The number of aromatic nitrogens is 1. The molecule has 1 aliphatic heterocycles. The van der Waals surface area contributed by atoms with E-state index in [4.69, 9.17) is 4.74 Å². The zero-order valence-electron chi connectivity index (χ0n) is 15.0. The molecule has 4 nitrogen and oxygen atoms in total. The number of pyridine rings is 1. The van der Waals surface area contributed by atoms with E-state index < -0.39 is 0 Å². The van der Waals surface area contributed by atoms with Gasteiger partial charge in [-0.15, -0.1) is 0 Å². The zero-order valence-corrected chi connectivity index (χ0v) is 15.0. The Labute approximate surface area is 154 Å². The van der Waals surface area contributed by atoms with Gasteiger partial charge in [0.2, 0.25) is 0 Å². The average Bonchev–Trinajstić information content (AvgIpc) is 2.90. The van der Waals surface area contributed by atoms with Crippen molar-refractivity contribution in [1.82, 2.24) is 9.88 Å². The van der Waals surface area contributed by atoms with Crippen LogP contribution < -0.4 is 10.1 Å². The molecule has 1 aromatic heterocycles. The van der Waals surface area contributed by atoms with Gasteiger partial charge < -0.3 is 10.1 Å². The molecule has 0 atom stereocenters. The smallest absolute Gasteiger partial charge is 0.119 e. The van der Waals surface area contributed by atoms with Crippen LogP contribution in [0.1, 0.15) is 11.1 Å². The first-order valence-corrected chi connectivity index (χ1v) is 8.95. The summed E-state index contributed by atoms with van der Waals surface area (Å²) in [5.74, 6) is 0.907. The van der Waals surface area contributed by atoms with Crippen molar-refractivity contribution in [2.75, 3.05) is 25.5 Å². The van der Waals surface area contributed by atoms with Crippen molar-refractivity contribution in [3.05, 3.63) is 78.0 Å². The van der Waals surface area contributed by atoms with Crippen molar-refractivity contribution in [1.29, 1.82) is 0 Å². The second kappa shape index (κ2) is 7.58. The molecule has 0 unspecified atom stereocenters. The van der Waals surface area contributed by atoms with Gasteiger partial charge in [0, 0.05) is 49.2 Å². The molecule has 132 valence electrons. The van der Waals surface area contributed by atoms with Crippen molar-refractivity contribution in [3.8, 4) is 17.0 Å². The first kappa shape index (κ1) is 16.6. The summed E-state index contributed by atoms with van der Waals surface area (Å²) in [6.07, 6.45) is 2.01. The monoisotopic (exact) mass is 345 g/mol. The summed E-state index contributed by atoms with van der Waals surface area (Å²) in [5.41, 5.74) is 5.85. The van der Waals surface area contributed by atoms with Gasteiger partial charge in [0.15, 0.2) is 0 Å². The summed E-state index contributed by atoms with van der Waals surface area (Å²) in [5, 5.41) is 3.57. The fraction of sp³-hybridized carbons (Fsp3) is 0.227. The molecule has 1 N–H and O–H groups in total. The highest BCUT2D eigenvalue weighted by Gasteiger charge is 2.16. The van der Waals surface area contributed by atoms with Gasteiger partial charge in [-0.3, -0.25) is 9.88 Å². The minimum absolute atomic E-state index is 0.890. The maximum Gasteiger partial charge on any atom is 0.119 e. The quantitative estimate of drug-likeness (QED) is 0.769. The lowest BCUT2D eigenvalue weighted by atomic mass is 10.1. The van der Waals surface area contributed by atoms with Gasteiger partial charge in [-0.25, -0.2) is 0 Å². The number of hydrogen-bond acceptors (Lipinski definition) is 4. The zero-order chi connectivity index (χ0) is 17.8. The normalized spacial score (nSPS) is 14.2. The Bertz CT molecular complexity index is 880. The van der Waals surface area contributed by atoms with Crippen LogP contribution in [0, 0.1) is 0 Å². The summed E-state index contributed by atoms with van der Waals surface area (Å²) in [4.78, 5) is 7.13. The van der Waals surface area contributed by atoms with E-state index in [0.717, 1.165) is 43.2 Å². The third-order valence-electron chi connectivity index (χ3n) is 4.73. The number of hydrogen-bond donors (Lipinski definition) is 1. The van der Waals surface area contributed by atoms with Gasteiger partial charge in [0.05, 0.1) is 12.8 Å². The van der Waals surface area contributed by atoms with Crippen LogP contribution in [0.25, 0.3) is 11.3 Å². The van der Waals surface area contributed by atoms with E-state index in [1.165, 1.54) is 16.8 Å². The number of benzene rings is 2. The highest BCUT2D eigenvalue weighted by atomic mass is 16.5. The number of fused-ring (bicyclic) bond motifs is 1. The van der Waals surface area contributed by atoms with E-state index in [-0.39, 0.29) is 0 Å². The van der Waals surface area contributed by atoms with Crippen LogP contribution in [-0.2, 0) is 13.1 Å². The molecule has 2 aromatic carbocycles. The fourth-order valence-corrected chi connectivity index (χ4v) is 3.37. The predicted octanol–water partition coefficient (Wildman–Crippen LogP) is 4.18. The molecule has 3 aromatic rings. The van der Waals surface area contributed by atoms with Crippen LogP contribution in [0.15, 0.2) is 66.9 Å². The van der Waals surface area contributed by atoms with Crippen LogP contribution in [-0.4, -0.2) is 30.1 Å². The van der Waals surface area contributed by atoms with E-state index in [0.29, 0.717) is 0 Å². The maximum atomic E-state index is 5.34. The SMILES string of the molecule is COc1cccc(CN2CCNc3cc(-c4ccccc4)ncc3C2)c1. The summed E-state index contributed by atoms with van der Waals surface area (Å²) < 4.78 is 5.34. The number of anilines is 1. The van der Waals surface area contributed by atoms with Gasteiger partial charge in [-0.2, -0.15) is 0 Å². The minimum atomic E-state index is 0.890.